The Bertz CT molecular complexity index is 229. The number of amides is 1. The van der Waals surface area contributed by atoms with Gasteiger partial charge in [0.25, 0.3) is 0 Å². The molecule has 4 N–H and O–H groups in total. The molecular formula is C8H14N2O3. The standard InChI is InChI=1S/C8H14N2O3/c9-8(5-7(12)13)2-1-3-10-6(11)4-8/h1-5,9H2,(H,10,11)(H,12,13). The van der Waals surface area contributed by atoms with Crippen molar-refractivity contribution >= 4 is 11.9 Å². The van der Waals surface area contributed by atoms with Gasteiger partial charge in [-0.15, -0.1) is 0 Å². The van der Waals surface area contributed by atoms with Crippen LogP contribution in [0.25, 0.3) is 0 Å². The zero-order valence-electron chi connectivity index (χ0n) is 7.38. The first kappa shape index (κ1) is 9.98. The average Bonchev–Trinajstić information content (AvgIpc) is 2.09. The highest BCUT2D eigenvalue weighted by Gasteiger charge is 2.32. The number of carbonyl (C=O) groups is 2. The summed E-state index contributed by atoms with van der Waals surface area (Å²) < 4.78 is 0. The molecule has 0 aromatic heterocycles. The van der Waals surface area contributed by atoms with Crippen LogP contribution in [0.15, 0.2) is 0 Å². The van der Waals surface area contributed by atoms with Crippen molar-refractivity contribution in [1.29, 1.82) is 0 Å². The van der Waals surface area contributed by atoms with E-state index in [4.69, 9.17) is 10.8 Å². The second-order valence-electron chi connectivity index (χ2n) is 3.56. The Balaban J connectivity index is 2.63. The Morgan fingerprint density at radius 2 is 2.38 bits per heavy atom. The zero-order chi connectivity index (χ0) is 9.90. The lowest BCUT2D eigenvalue weighted by Crippen LogP contribution is -2.44. The van der Waals surface area contributed by atoms with Gasteiger partial charge in [-0.05, 0) is 12.8 Å². The van der Waals surface area contributed by atoms with E-state index in [1.54, 1.807) is 0 Å². The molecule has 1 fully saturated rings. The molecule has 0 radical (unpaired) electrons. The molecular weight excluding hydrogens is 172 g/mol. The van der Waals surface area contributed by atoms with Crippen molar-refractivity contribution < 1.29 is 14.7 Å². The summed E-state index contributed by atoms with van der Waals surface area (Å²) in [4.78, 5) is 21.6. The van der Waals surface area contributed by atoms with Gasteiger partial charge in [0.2, 0.25) is 5.91 Å². The minimum atomic E-state index is -0.947. The van der Waals surface area contributed by atoms with E-state index >= 15 is 0 Å². The summed E-state index contributed by atoms with van der Waals surface area (Å²) in [6.07, 6.45) is 1.30. The van der Waals surface area contributed by atoms with Gasteiger partial charge in [-0.3, -0.25) is 9.59 Å². The quantitative estimate of drug-likeness (QED) is 0.540. The second-order valence-corrected chi connectivity index (χ2v) is 3.56. The van der Waals surface area contributed by atoms with Gasteiger partial charge in [0.05, 0.1) is 6.42 Å². The van der Waals surface area contributed by atoms with Crippen molar-refractivity contribution in [2.24, 2.45) is 5.73 Å². The number of aliphatic carboxylic acids is 1. The normalized spacial score (nSPS) is 29.2. The van der Waals surface area contributed by atoms with Crippen LogP contribution in [0.4, 0.5) is 0 Å². The average molecular weight is 186 g/mol. The summed E-state index contributed by atoms with van der Waals surface area (Å²) in [7, 11) is 0. The van der Waals surface area contributed by atoms with Crippen molar-refractivity contribution in [3.63, 3.8) is 0 Å². The van der Waals surface area contributed by atoms with E-state index in [1.807, 2.05) is 0 Å². The summed E-state index contributed by atoms with van der Waals surface area (Å²) >= 11 is 0. The Kier molecular flexibility index (Phi) is 2.87. The van der Waals surface area contributed by atoms with Crippen LogP contribution < -0.4 is 11.1 Å². The first-order valence-corrected chi connectivity index (χ1v) is 4.29. The van der Waals surface area contributed by atoms with E-state index in [0.717, 1.165) is 6.42 Å². The molecule has 5 nitrogen and oxygen atoms in total. The van der Waals surface area contributed by atoms with Crippen molar-refractivity contribution in [1.82, 2.24) is 5.32 Å². The summed E-state index contributed by atoms with van der Waals surface area (Å²) in [5.41, 5.74) is 4.95. The molecule has 1 atom stereocenters. The van der Waals surface area contributed by atoms with Crippen LogP contribution in [0.1, 0.15) is 25.7 Å². The number of nitrogens with two attached hydrogens (primary N) is 1. The van der Waals surface area contributed by atoms with Crippen LogP contribution in [-0.4, -0.2) is 29.1 Å². The van der Waals surface area contributed by atoms with Crippen LogP contribution in [0.2, 0.25) is 0 Å². The number of nitrogens with one attached hydrogen (secondary N) is 1. The van der Waals surface area contributed by atoms with Gasteiger partial charge in [0, 0.05) is 18.5 Å². The molecule has 13 heavy (non-hydrogen) atoms. The number of hydrogen-bond donors (Lipinski definition) is 3. The van der Waals surface area contributed by atoms with Crippen LogP contribution in [-0.2, 0) is 9.59 Å². The molecule has 5 heteroatoms. The van der Waals surface area contributed by atoms with Gasteiger partial charge in [0.15, 0.2) is 0 Å². The topological polar surface area (TPSA) is 92.4 Å². The lowest BCUT2D eigenvalue weighted by Gasteiger charge is -2.24. The fraction of sp³-hybridized carbons (Fsp3) is 0.750. The van der Waals surface area contributed by atoms with Crippen molar-refractivity contribution in [2.45, 2.75) is 31.2 Å². The van der Waals surface area contributed by atoms with Crippen molar-refractivity contribution in [3.8, 4) is 0 Å². The summed E-state index contributed by atoms with van der Waals surface area (Å²) in [5, 5.41) is 11.3. The molecule has 1 aliphatic rings. The maximum absolute atomic E-state index is 11.1. The molecule has 1 heterocycles. The first-order chi connectivity index (χ1) is 6.02. The Morgan fingerprint density at radius 1 is 1.69 bits per heavy atom. The van der Waals surface area contributed by atoms with E-state index in [9.17, 15) is 9.59 Å². The molecule has 0 aromatic carbocycles. The maximum atomic E-state index is 11.1. The fourth-order valence-corrected chi connectivity index (χ4v) is 1.59. The third-order valence-electron chi connectivity index (χ3n) is 2.19. The van der Waals surface area contributed by atoms with E-state index in [0.29, 0.717) is 13.0 Å². The van der Waals surface area contributed by atoms with Gasteiger partial charge in [-0.2, -0.15) is 0 Å². The minimum absolute atomic E-state index is 0.110. The van der Waals surface area contributed by atoms with Crippen molar-refractivity contribution in [3.05, 3.63) is 0 Å². The highest BCUT2D eigenvalue weighted by atomic mass is 16.4. The van der Waals surface area contributed by atoms with Gasteiger partial charge in [-0.1, -0.05) is 0 Å². The van der Waals surface area contributed by atoms with E-state index in [1.165, 1.54) is 0 Å². The minimum Gasteiger partial charge on any atom is -0.481 e. The zero-order valence-corrected chi connectivity index (χ0v) is 7.38. The highest BCUT2D eigenvalue weighted by Crippen LogP contribution is 2.20. The monoisotopic (exact) mass is 186 g/mol. The lowest BCUT2D eigenvalue weighted by atomic mass is 9.88. The maximum Gasteiger partial charge on any atom is 0.305 e. The van der Waals surface area contributed by atoms with Crippen LogP contribution in [0.5, 0.6) is 0 Å². The predicted molar refractivity (Wildman–Crippen MR) is 46.0 cm³/mol. The molecule has 0 spiro atoms. The predicted octanol–water partition coefficient (Wildman–Crippen LogP) is -0.541. The Labute approximate surface area is 76.3 Å². The molecule has 1 rings (SSSR count). The molecule has 0 saturated carbocycles. The smallest absolute Gasteiger partial charge is 0.305 e. The lowest BCUT2D eigenvalue weighted by molar-refractivity contribution is -0.138. The number of hydrogen-bond acceptors (Lipinski definition) is 3. The number of rotatable bonds is 2. The molecule has 0 aliphatic carbocycles. The molecule has 1 amide bonds. The Morgan fingerprint density at radius 3 is 3.00 bits per heavy atom. The molecule has 0 aromatic rings. The SMILES string of the molecule is NC1(CC(=O)O)CCCNC(=O)C1. The molecule has 1 aliphatic heterocycles. The molecule has 74 valence electrons. The second kappa shape index (κ2) is 3.74. The van der Waals surface area contributed by atoms with E-state index < -0.39 is 11.5 Å². The fourth-order valence-electron chi connectivity index (χ4n) is 1.59. The van der Waals surface area contributed by atoms with Crippen LogP contribution in [0, 0.1) is 0 Å². The van der Waals surface area contributed by atoms with E-state index in [2.05, 4.69) is 5.32 Å². The third-order valence-corrected chi connectivity index (χ3v) is 2.19. The Hall–Kier alpha value is -1.10. The summed E-state index contributed by atoms with van der Waals surface area (Å²) in [5.74, 6) is -1.10. The first-order valence-electron chi connectivity index (χ1n) is 4.29. The van der Waals surface area contributed by atoms with Gasteiger partial charge < -0.3 is 16.2 Å². The van der Waals surface area contributed by atoms with Crippen LogP contribution >= 0.6 is 0 Å². The van der Waals surface area contributed by atoms with Gasteiger partial charge in [-0.25, -0.2) is 0 Å². The van der Waals surface area contributed by atoms with Crippen LogP contribution in [0.3, 0.4) is 0 Å². The highest BCUT2D eigenvalue weighted by molar-refractivity contribution is 5.79. The molecule has 1 unspecified atom stereocenters. The summed E-state index contributed by atoms with van der Waals surface area (Å²) in [6.45, 7) is 0.595. The largest absolute Gasteiger partial charge is 0.481 e. The van der Waals surface area contributed by atoms with E-state index in [-0.39, 0.29) is 18.7 Å². The third kappa shape index (κ3) is 3.02. The number of carbonyl (C=O) groups excluding carboxylic acids is 1. The van der Waals surface area contributed by atoms with Crippen molar-refractivity contribution in [2.75, 3.05) is 6.54 Å². The summed E-state index contributed by atoms with van der Waals surface area (Å²) in [6, 6.07) is 0. The number of carboxylic acids is 1. The molecule has 0 bridgehead atoms. The van der Waals surface area contributed by atoms with Gasteiger partial charge in [0.1, 0.15) is 0 Å². The molecule has 1 saturated heterocycles. The van der Waals surface area contributed by atoms with Gasteiger partial charge >= 0.3 is 5.97 Å². The number of carboxylic acid groups (broad SMARTS) is 1.